The minimum atomic E-state index is -0.682. The van der Waals surface area contributed by atoms with Gasteiger partial charge in [-0.15, -0.1) is 0 Å². The molecule has 116 valence electrons. The normalized spacial score (nSPS) is 25.8. The van der Waals surface area contributed by atoms with E-state index in [-0.39, 0.29) is 18.0 Å². The average Bonchev–Trinajstić information content (AvgIpc) is 2.45. The molecule has 0 bridgehead atoms. The number of rotatable bonds is 5. The molecule has 1 aliphatic carbocycles. The zero-order valence-electron chi connectivity index (χ0n) is 12.6. The molecule has 0 atom stereocenters. The van der Waals surface area contributed by atoms with Crippen LogP contribution in [0, 0.1) is 11.7 Å². The van der Waals surface area contributed by atoms with E-state index in [2.05, 4.69) is 6.92 Å². The highest BCUT2D eigenvalue weighted by molar-refractivity contribution is 6.31. The molecule has 1 aromatic rings. The Bertz CT molecular complexity index is 508. The second-order valence-corrected chi connectivity index (χ2v) is 6.35. The fourth-order valence-corrected chi connectivity index (χ4v) is 3.24. The van der Waals surface area contributed by atoms with Crippen molar-refractivity contribution in [3.8, 4) is 0 Å². The van der Waals surface area contributed by atoms with Crippen molar-refractivity contribution in [1.29, 1.82) is 0 Å². The van der Waals surface area contributed by atoms with Gasteiger partial charge in [0.05, 0.1) is 0 Å². The molecule has 0 amide bonds. The summed E-state index contributed by atoms with van der Waals surface area (Å²) in [4.78, 5) is 12.7. The third-order valence-electron chi connectivity index (χ3n) is 4.38. The second kappa shape index (κ2) is 6.89. The van der Waals surface area contributed by atoms with Crippen molar-refractivity contribution in [1.82, 2.24) is 0 Å². The Morgan fingerprint density at radius 1 is 1.43 bits per heavy atom. The first-order valence-electron chi connectivity index (χ1n) is 7.58. The number of Topliss-reactive ketones (excluding diaryl/α,β-unsaturated/α-hetero) is 1. The van der Waals surface area contributed by atoms with Gasteiger partial charge in [0.15, 0.2) is 5.78 Å². The number of halogens is 2. The minimum Gasteiger partial charge on any atom is -0.367 e. The zero-order valence-corrected chi connectivity index (χ0v) is 13.4. The highest BCUT2D eigenvalue weighted by Gasteiger charge is 2.41. The Kier molecular flexibility index (Phi) is 5.39. The summed E-state index contributed by atoms with van der Waals surface area (Å²) < 4.78 is 18.9. The van der Waals surface area contributed by atoms with Crippen molar-refractivity contribution in [3.63, 3.8) is 0 Å². The van der Waals surface area contributed by atoms with E-state index in [1.165, 1.54) is 12.1 Å². The summed E-state index contributed by atoms with van der Waals surface area (Å²) in [5.74, 6) is 0.313. The molecule has 0 aliphatic heterocycles. The van der Waals surface area contributed by atoms with E-state index in [1.807, 2.05) is 6.92 Å². The number of carbonyl (C=O) groups excluding carboxylic acids is 1. The van der Waals surface area contributed by atoms with Crippen LogP contribution in [0.15, 0.2) is 18.2 Å². The largest absolute Gasteiger partial charge is 0.367 e. The van der Waals surface area contributed by atoms with Crippen LogP contribution in [0.4, 0.5) is 4.39 Å². The van der Waals surface area contributed by atoms with Gasteiger partial charge in [-0.3, -0.25) is 4.79 Å². The van der Waals surface area contributed by atoms with Crippen LogP contribution in [0.5, 0.6) is 0 Å². The Morgan fingerprint density at radius 3 is 2.67 bits per heavy atom. The van der Waals surface area contributed by atoms with Crippen LogP contribution in [-0.4, -0.2) is 18.0 Å². The molecule has 0 spiro atoms. The molecule has 2 nitrogen and oxygen atoms in total. The molecule has 4 heteroatoms. The van der Waals surface area contributed by atoms with Crippen molar-refractivity contribution < 1.29 is 13.9 Å². The quantitative estimate of drug-likeness (QED) is 0.795. The van der Waals surface area contributed by atoms with E-state index >= 15 is 0 Å². The minimum absolute atomic E-state index is 0.0600. The van der Waals surface area contributed by atoms with E-state index in [1.54, 1.807) is 6.07 Å². The van der Waals surface area contributed by atoms with Crippen LogP contribution < -0.4 is 0 Å². The van der Waals surface area contributed by atoms with Crippen LogP contribution in [0.25, 0.3) is 0 Å². The van der Waals surface area contributed by atoms with Crippen molar-refractivity contribution in [2.24, 2.45) is 5.92 Å². The van der Waals surface area contributed by atoms with Gasteiger partial charge in [-0.05, 0) is 56.2 Å². The number of ketones is 1. The maximum absolute atomic E-state index is 13.1. The molecule has 0 N–H and O–H groups in total. The molecule has 1 saturated carbocycles. The first-order valence-corrected chi connectivity index (χ1v) is 7.96. The molecule has 0 aromatic heterocycles. The van der Waals surface area contributed by atoms with E-state index in [0.717, 1.165) is 25.7 Å². The number of benzene rings is 1. The fourth-order valence-electron chi connectivity index (χ4n) is 3.01. The standard InChI is InChI=1S/C17H22ClFO2/c1-3-21-17(8-6-12(2)7-9-17)16(20)10-13-4-5-14(19)11-15(13)18/h4-5,11-12H,3,6-10H2,1-2H3. The average molecular weight is 313 g/mol. The maximum Gasteiger partial charge on any atom is 0.169 e. The zero-order chi connectivity index (χ0) is 15.5. The van der Waals surface area contributed by atoms with Gasteiger partial charge >= 0.3 is 0 Å². The molecule has 0 saturated heterocycles. The number of carbonyl (C=O) groups is 1. The van der Waals surface area contributed by atoms with Crippen LogP contribution in [-0.2, 0) is 16.0 Å². The summed E-state index contributed by atoms with van der Waals surface area (Å²) in [6.45, 7) is 4.65. The summed E-state index contributed by atoms with van der Waals surface area (Å²) >= 11 is 6.03. The lowest BCUT2D eigenvalue weighted by molar-refractivity contribution is -0.149. The third kappa shape index (κ3) is 3.83. The predicted molar refractivity (Wildman–Crippen MR) is 82.1 cm³/mol. The molecule has 0 heterocycles. The van der Waals surface area contributed by atoms with Crippen LogP contribution in [0.1, 0.15) is 45.1 Å². The summed E-state index contributed by atoms with van der Waals surface area (Å²) in [5, 5.41) is 0.305. The molecule has 21 heavy (non-hydrogen) atoms. The summed E-state index contributed by atoms with van der Waals surface area (Å²) in [5.41, 5.74) is -0.0142. The van der Waals surface area contributed by atoms with Gasteiger partial charge in [-0.1, -0.05) is 24.6 Å². The molecule has 1 aliphatic rings. The van der Waals surface area contributed by atoms with E-state index in [4.69, 9.17) is 16.3 Å². The van der Waals surface area contributed by atoms with Crippen LogP contribution in [0.2, 0.25) is 5.02 Å². The first kappa shape index (κ1) is 16.4. The lowest BCUT2D eigenvalue weighted by Crippen LogP contribution is -2.45. The maximum atomic E-state index is 13.1. The number of hydrogen-bond acceptors (Lipinski definition) is 2. The van der Waals surface area contributed by atoms with Gasteiger partial charge < -0.3 is 4.74 Å². The number of hydrogen-bond donors (Lipinski definition) is 0. The first-order chi connectivity index (χ1) is 9.97. The third-order valence-corrected chi connectivity index (χ3v) is 4.73. The van der Waals surface area contributed by atoms with Gasteiger partial charge in [0.2, 0.25) is 0 Å². The van der Waals surface area contributed by atoms with E-state index < -0.39 is 5.60 Å². The van der Waals surface area contributed by atoms with Crippen LogP contribution in [0.3, 0.4) is 0 Å². The second-order valence-electron chi connectivity index (χ2n) is 5.95. The van der Waals surface area contributed by atoms with Gasteiger partial charge in [-0.25, -0.2) is 4.39 Å². The van der Waals surface area contributed by atoms with Gasteiger partial charge in [-0.2, -0.15) is 0 Å². The lowest BCUT2D eigenvalue weighted by Gasteiger charge is -2.38. The van der Waals surface area contributed by atoms with Crippen LogP contribution >= 0.6 is 11.6 Å². The van der Waals surface area contributed by atoms with Gasteiger partial charge in [0.1, 0.15) is 11.4 Å². The summed E-state index contributed by atoms with van der Waals surface area (Å²) in [6.07, 6.45) is 3.73. The summed E-state index contributed by atoms with van der Waals surface area (Å²) in [7, 11) is 0. The Balaban J connectivity index is 2.15. The number of ether oxygens (including phenoxy) is 1. The predicted octanol–water partition coefficient (Wildman–Crippen LogP) is 4.58. The molecular formula is C17H22ClFO2. The highest BCUT2D eigenvalue weighted by atomic mass is 35.5. The lowest BCUT2D eigenvalue weighted by atomic mass is 9.76. The SMILES string of the molecule is CCOC1(C(=O)Cc2ccc(F)cc2Cl)CCC(C)CC1. The fraction of sp³-hybridized carbons (Fsp3) is 0.588. The van der Waals surface area contributed by atoms with Crippen molar-refractivity contribution in [2.75, 3.05) is 6.61 Å². The topological polar surface area (TPSA) is 26.3 Å². The Hall–Kier alpha value is -0.930. The van der Waals surface area contributed by atoms with E-state index in [9.17, 15) is 9.18 Å². The monoisotopic (exact) mass is 312 g/mol. The molecule has 1 aromatic carbocycles. The van der Waals surface area contributed by atoms with Crippen molar-refractivity contribution >= 4 is 17.4 Å². The molecule has 2 rings (SSSR count). The highest BCUT2D eigenvalue weighted by Crippen LogP contribution is 2.36. The Morgan fingerprint density at radius 2 is 2.10 bits per heavy atom. The smallest absolute Gasteiger partial charge is 0.169 e. The van der Waals surface area contributed by atoms with Gasteiger partial charge in [0.25, 0.3) is 0 Å². The van der Waals surface area contributed by atoms with Crippen molar-refractivity contribution in [3.05, 3.63) is 34.6 Å². The molecule has 0 radical (unpaired) electrons. The molecule has 1 fully saturated rings. The molecular weight excluding hydrogens is 291 g/mol. The summed E-state index contributed by atoms with van der Waals surface area (Å²) in [6, 6.07) is 4.17. The molecule has 0 unspecified atom stereocenters. The van der Waals surface area contributed by atoms with Gasteiger partial charge in [0, 0.05) is 18.1 Å². The van der Waals surface area contributed by atoms with Crippen molar-refractivity contribution in [2.45, 2.75) is 51.6 Å². The Labute approximate surface area is 130 Å². The van der Waals surface area contributed by atoms with E-state index in [0.29, 0.717) is 23.1 Å².